The number of piperidine rings is 1. The molecule has 1 fully saturated rings. The quantitative estimate of drug-likeness (QED) is 0.336. The minimum Gasteiger partial charge on any atom is -0.494 e. The highest BCUT2D eigenvalue weighted by atomic mass is 16.6. The van der Waals surface area contributed by atoms with E-state index in [4.69, 9.17) is 14.5 Å². The van der Waals surface area contributed by atoms with Gasteiger partial charge in [-0.05, 0) is 64.9 Å². The number of amides is 1. The summed E-state index contributed by atoms with van der Waals surface area (Å²) in [5.41, 5.74) is 1.13. The van der Waals surface area contributed by atoms with Crippen molar-refractivity contribution in [1.82, 2.24) is 20.4 Å². The SMILES string of the molecule is CCNC(=NCc1ccc(OCCCN(C)C)cc1)NC1CCN(C(=O)OCC)CC1. The van der Waals surface area contributed by atoms with E-state index in [1.807, 2.05) is 19.1 Å². The summed E-state index contributed by atoms with van der Waals surface area (Å²) in [4.78, 5) is 20.5. The van der Waals surface area contributed by atoms with Crippen LogP contribution in [-0.2, 0) is 11.3 Å². The van der Waals surface area contributed by atoms with Crippen molar-refractivity contribution >= 4 is 12.1 Å². The molecule has 8 nitrogen and oxygen atoms in total. The molecular weight excluding hydrogens is 394 g/mol. The molecule has 0 unspecified atom stereocenters. The van der Waals surface area contributed by atoms with Gasteiger partial charge in [0.25, 0.3) is 0 Å². The van der Waals surface area contributed by atoms with Crippen LogP contribution in [0.25, 0.3) is 0 Å². The first-order valence-electron chi connectivity index (χ1n) is 11.3. The number of rotatable bonds is 10. The summed E-state index contributed by atoms with van der Waals surface area (Å²) in [5, 5.41) is 6.82. The van der Waals surface area contributed by atoms with Crippen molar-refractivity contribution in [3.05, 3.63) is 29.8 Å². The smallest absolute Gasteiger partial charge is 0.409 e. The number of benzene rings is 1. The lowest BCUT2D eigenvalue weighted by molar-refractivity contribution is 0.0963. The molecule has 1 aliphatic rings. The van der Waals surface area contributed by atoms with Crippen molar-refractivity contribution in [2.24, 2.45) is 4.99 Å². The molecule has 0 atom stereocenters. The number of guanidine groups is 1. The van der Waals surface area contributed by atoms with E-state index >= 15 is 0 Å². The van der Waals surface area contributed by atoms with Crippen LogP contribution < -0.4 is 15.4 Å². The van der Waals surface area contributed by atoms with E-state index in [1.165, 1.54) is 0 Å². The number of hydrogen-bond donors (Lipinski definition) is 2. The highest BCUT2D eigenvalue weighted by molar-refractivity contribution is 5.80. The molecule has 1 saturated heterocycles. The predicted molar refractivity (Wildman–Crippen MR) is 125 cm³/mol. The number of likely N-dealkylation sites (tertiary alicyclic amines) is 1. The average Bonchev–Trinajstić information content (AvgIpc) is 2.76. The zero-order chi connectivity index (χ0) is 22.5. The number of carbonyl (C=O) groups excluding carboxylic acids is 1. The number of carbonyl (C=O) groups is 1. The van der Waals surface area contributed by atoms with Crippen molar-refractivity contribution in [1.29, 1.82) is 0 Å². The second-order valence-corrected chi connectivity index (χ2v) is 7.95. The van der Waals surface area contributed by atoms with Gasteiger partial charge in [-0.2, -0.15) is 0 Å². The van der Waals surface area contributed by atoms with Crippen LogP contribution in [0, 0.1) is 0 Å². The summed E-state index contributed by atoms with van der Waals surface area (Å²) in [7, 11) is 4.14. The van der Waals surface area contributed by atoms with Gasteiger partial charge in [0.15, 0.2) is 5.96 Å². The Bertz CT molecular complexity index is 670. The molecule has 174 valence electrons. The van der Waals surface area contributed by atoms with Gasteiger partial charge >= 0.3 is 6.09 Å². The van der Waals surface area contributed by atoms with Gasteiger partial charge in [-0.25, -0.2) is 9.79 Å². The normalized spacial score (nSPS) is 15.1. The van der Waals surface area contributed by atoms with Gasteiger partial charge < -0.3 is 29.9 Å². The monoisotopic (exact) mass is 433 g/mol. The average molecular weight is 434 g/mol. The van der Waals surface area contributed by atoms with Gasteiger partial charge in [-0.1, -0.05) is 12.1 Å². The Kier molecular flexibility index (Phi) is 11.0. The van der Waals surface area contributed by atoms with Crippen LogP contribution in [0.15, 0.2) is 29.3 Å². The molecule has 1 aliphatic heterocycles. The summed E-state index contributed by atoms with van der Waals surface area (Å²) in [6.45, 7) is 8.84. The number of ether oxygens (including phenoxy) is 2. The van der Waals surface area contributed by atoms with E-state index in [-0.39, 0.29) is 6.09 Å². The Labute approximate surface area is 187 Å². The third-order valence-electron chi connectivity index (χ3n) is 5.07. The highest BCUT2D eigenvalue weighted by Crippen LogP contribution is 2.14. The largest absolute Gasteiger partial charge is 0.494 e. The summed E-state index contributed by atoms with van der Waals surface area (Å²) < 4.78 is 10.9. The van der Waals surface area contributed by atoms with E-state index < -0.39 is 0 Å². The van der Waals surface area contributed by atoms with Gasteiger partial charge in [0.1, 0.15) is 5.75 Å². The molecular formula is C23H39N5O3. The van der Waals surface area contributed by atoms with E-state index in [0.717, 1.165) is 56.2 Å². The summed E-state index contributed by atoms with van der Waals surface area (Å²) in [6, 6.07) is 8.43. The van der Waals surface area contributed by atoms with Crippen molar-refractivity contribution < 1.29 is 14.3 Å². The molecule has 8 heteroatoms. The van der Waals surface area contributed by atoms with Crippen LogP contribution in [0.3, 0.4) is 0 Å². The number of nitrogens with zero attached hydrogens (tertiary/aromatic N) is 3. The molecule has 2 rings (SSSR count). The van der Waals surface area contributed by atoms with Crippen molar-refractivity contribution in [3.8, 4) is 5.75 Å². The first-order valence-corrected chi connectivity index (χ1v) is 11.3. The Hall–Kier alpha value is -2.48. The lowest BCUT2D eigenvalue weighted by Crippen LogP contribution is -2.49. The summed E-state index contributed by atoms with van der Waals surface area (Å²) in [5.74, 6) is 1.70. The Morgan fingerprint density at radius 1 is 1.19 bits per heavy atom. The molecule has 1 amide bonds. The molecule has 1 heterocycles. The lowest BCUT2D eigenvalue weighted by Gasteiger charge is -2.32. The first-order chi connectivity index (χ1) is 15.0. The molecule has 0 bridgehead atoms. The van der Waals surface area contributed by atoms with Gasteiger partial charge in [-0.3, -0.25) is 0 Å². The fraction of sp³-hybridized carbons (Fsp3) is 0.652. The molecule has 0 spiro atoms. The fourth-order valence-corrected chi connectivity index (χ4v) is 3.37. The molecule has 1 aromatic rings. The highest BCUT2D eigenvalue weighted by Gasteiger charge is 2.24. The third-order valence-corrected chi connectivity index (χ3v) is 5.07. The standard InChI is InChI=1S/C23H39N5O3/c1-5-24-22(26-20-12-15-28(16-13-20)23(29)30-6-2)25-18-19-8-10-21(11-9-19)31-17-7-14-27(3)4/h8-11,20H,5-7,12-18H2,1-4H3,(H2,24,25,26). The third kappa shape index (κ3) is 9.46. The second kappa shape index (κ2) is 13.7. The Morgan fingerprint density at radius 2 is 1.90 bits per heavy atom. The van der Waals surface area contributed by atoms with Crippen molar-refractivity contribution in [2.45, 2.75) is 45.7 Å². The van der Waals surface area contributed by atoms with Gasteiger partial charge in [0.2, 0.25) is 0 Å². The number of aliphatic imine (C=N–C) groups is 1. The number of hydrogen-bond acceptors (Lipinski definition) is 5. The molecule has 0 radical (unpaired) electrons. The molecule has 2 N–H and O–H groups in total. The Balaban J connectivity index is 1.79. The molecule has 1 aromatic carbocycles. The Morgan fingerprint density at radius 3 is 2.52 bits per heavy atom. The fourth-order valence-electron chi connectivity index (χ4n) is 3.37. The zero-order valence-electron chi connectivity index (χ0n) is 19.5. The van der Waals surface area contributed by atoms with E-state index in [1.54, 1.807) is 4.90 Å². The molecule has 0 aromatic heterocycles. The van der Waals surface area contributed by atoms with Crippen LogP contribution in [0.2, 0.25) is 0 Å². The van der Waals surface area contributed by atoms with Gasteiger partial charge in [-0.15, -0.1) is 0 Å². The maximum absolute atomic E-state index is 11.8. The second-order valence-electron chi connectivity index (χ2n) is 7.95. The van der Waals surface area contributed by atoms with Gasteiger partial charge in [0.05, 0.1) is 19.8 Å². The van der Waals surface area contributed by atoms with Crippen molar-refractivity contribution in [3.63, 3.8) is 0 Å². The molecule has 31 heavy (non-hydrogen) atoms. The van der Waals surface area contributed by atoms with Gasteiger partial charge in [0, 0.05) is 32.2 Å². The lowest BCUT2D eigenvalue weighted by atomic mass is 10.1. The minimum absolute atomic E-state index is 0.216. The molecule has 0 aliphatic carbocycles. The number of nitrogens with one attached hydrogen (secondary N) is 2. The van der Waals surface area contributed by atoms with Crippen LogP contribution in [0.5, 0.6) is 5.75 Å². The summed E-state index contributed by atoms with van der Waals surface area (Å²) >= 11 is 0. The van der Waals surface area contributed by atoms with Crippen LogP contribution in [0.4, 0.5) is 4.79 Å². The van der Waals surface area contributed by atoms with Crippen LogP contribution in [-0.4, -0.2) is 81.4 Å². The van der Waals surface area contributed by atoms with Crippen LogP contribution >= 0.6 is 0 Å². The molecule has 0 saturated carbocycles. The van der Waals surface area contributed by atoms with E-state index in [0.29, 0.717) is 32.3 Å². The van der Waals surface area contributed by atoms with Crippen molar-refractivity contribution in [2.75, 3.05) is 53.5 Å². The predicted octanol–water partition coefficient (Wildman–Crippen LogP) is 2.69. The zero-order valence-corrected chi connectivity index (χ0v) is 19.5. The minimum atomic E-state index is -0.216. The van der Waals surface area contributed by atoms with E-state index in [2.05, 4.69) is 48.7 Å². The maximum Gasteiger partial charge on any atom is 0.409 e. The van der Waals surface area contributed by atoms with Crippen LogP contribution in [0.1, 0.15) is 38.7 Å². The summed E-state index contributed by atoms with van der Waals surface area (Å²) in [6.07, 6.45) is 2.55. The maximum atomic E-state index is 11.8. The first kappa shape index (κ1) is 24.8. The van der Waals surface area contributed by atoms with E-state index in [9.17, 15) is 4.79 Å². The topological polar surface area (TPSA) is 78.4 Å².